The van der Waals surface area contributed by atoms with Crippen molar-refractivity contribution in [1.29, 1.82) is 0 Å². The van der Waals surface area contributed by atoms with E-state index >= 15 is 0 Å². The normalized spacial score (nSPS) is 17.1. The first-order valence-electron chi connectivity index (χ1n) is 5.21. The minimum Gasteiger partial charge on any atom is -0.392 e. The Kier molecular flexibility index (Phi) is 4.64. The summed E-state index contributed by atoms with van der Waals surface area (Å²) in [7, 11) is 0. The molecule has 3 unspecified atom stereocenters. The summed E-state index contributed by atoms with van der Waals surface area (Å²) in [5.41, 5.74) is 6.91. The van der Waals surface area contributed by atoms with E-state index < -0.39 is 0 Å². The van der Waals surface area contributed by atoms with E-state index in [0.717, 1.165) is 5.56 Å². The van der Waals surface area contributed by atoms with Gasteiger partial charge in [0.25, 0.3) is 0 Å². The number of aliphatic hydroxyl groups excluding tert-OH is 1. The average Bonchev–Trinajstić information content (AvgIpc) is 2.18. The van der Waals surface area contributed by atoms with E-state index in [1.165, 1.54) is 4.90 Å². The molecule has 0 saturated heterocycles. The minimum absolute atomic E-state index is 0.0817. The van der Waals surface area contributed by atoms with Crippen molar-refractivity contribution in [2.45, 2.75) is 43.1 Å². The Morgan fingerprint density at radius 1 is 1.13 bits per heavy atom. The van der Waals surface area contributed by atoms with E-state index in [1.807, 2.05) is 32.9 Å². The first-order valence-corrected chi connectivity index (χ1v) is 6.09. The fraction of sp³-hybridized carbons (Fsp3) is 0.500. The lowest BCUT2D eigenvalue weighted by molar-refractivity contribution is 0.196. The van der Waals surface area contributed by atoms with Crippen molar-refractivity contribution in [3.63, 3.8) is 0 Å². The smallest absolute Gasteiger partial charge is 0.0631 e. The molecule has 0 spiro atoms. The predicted octanol–water partition coefficient (Wildman–Crippen LogP) is 2.57. The van der Waals surface area contributed by atoms with Gasteiger partial charge in [-0.2, -0.15) is 0 Å². The number of benzene rings is 1. The molecule has 0 saturated carbocycles. The third-order valence-electron chi connectivity index (χ3n) is 2.41. The third-order valence-corrected chi connectivity index (χ3v) is 3.72. The van der Waals surface area contributed by atoms with Gasteiger partial charge in [0, 0.05) is 16.2 Å². The van der Waals surface area contributed by atoms with Gasteiger partial charge >= 0.3 is 0 Å². The van der Waals surface area contributed by atoms with E-state index in [4.69, 9.17) is 5.73 Å². The molecule has 0 amide bonds. The lowest BCUT2D eigenvalue weighted by Crippen LogP contribution is -2.14. The molecule has 0 aromatic heterocycles. The van der Waals surface area contributed by atoms with Gasteiger partial charge < -0.3 is 10.8 Å². The van der Waals surface area contributed by atoms with E-state index in [9.17, 15) is 5.11 Å². The Morgan fingerprint density at radius 2 is 1.67 bits per heavy atom. The highest BCUT2D eigenvalue weighted by molar-refractivity contribution is 8.00. The van der Waals surface area contributed by atoms with Gasteiger partial charge in [0.2, 0.25) is 0 Å². The van der Waals surface area contributed by atoms with Crippen LogP contribution in [0.2, 0.25) is 0 Å². The number of hydrogen-bond donors (Lipinski definition) is 2. The summed E-state index contributed by atoms with van der Waals surface area (Å²) in [5, 5.41) is 9.60. The summed E-state index contributed by atoms with van der Waals surface area (Å²) in [6.07, 6.45) is -0.289. The molecule has 0 aliphatic heterocycles. The van der Waals surface area contributed by atoms with Crippen molar-refractivity contribution in [2.75, 3.05) is 0 Å². The summed E-state index contributed by atoms with van der Waals surface area (Å²) >= 11 is 1.68. The maximum atomic E-state index is 9.38. The Morgan fingerprint density at radius 3 is 2.07 bits per heavy atom. The third kappa shape index (κ3) is 3.86. The molecule has 3 heteroatoms. The Bertz CT molecular complexity index is 295. The zero-order valence-electron chi connectivity index (χ0n) is 9.47. The quantitative estimate of drug-likeness (QED) is 0.774. The molecule has 3 atom stereocenters. The van der Waals surface area contributed by atoms with Crippen LogP contribution in [-0.2, 0) is 0 Å². The lowest BCUT2D eigenvalue weighted by atomic mass is 10.1. The van der Waals surface area contributed by atoms with Crippen LogP contribution in [0.4, 0.5) is 0 Å². The Hall–Kier alpha value is -0.510. The van der Waals surface area contributed by atoms with Gasteiger partial charge in [-0.1, -0.05) is 19.1 Å². The maximum absolute atomic E-state index is 9.38. The Labute approximate surface area is 95.9 Å². The highest BCUT2D eigenvalue weighted by Crippen LogP contribution is 2.26. The second kappa shape index (κ2) is 5.54. The first-order chi connectivity index (χ1) is 7.00. The van der Waals surface area contributed by atoms with Gasteiger partial charge in [-0.25, -0.2) is 0 Å². The Balaban J connectivity index is 2.64. The second-order valence-electron chi connectivity index (χ2n) is 3.92. The van der Waals surface area contributed by atoms with Crippen molar-refractivity contribution < 1.29 is 5.11 Å². The number of hydrogen-bond acceptors (Lipinski definition) is 3. The van der Waals surface area contributed by atoms with E-state index in [1.54, 1.807) is 11.8 Å². The van der Waals surface area contributed by atoms with Crippen LogP contribution in [0.15, 0.2) is 29.2 Å². The molecule has 0 heterocycles. The predicted molar refractivity (Wildman–Crippen MR) is 66.0 cm³/mol. The van der Waals surface area contributed by atoms with Crippen LogP contribution in [0.25, 0.3) is 0 Å². The fourth-order valence-electron chi connectivity index (χ4n) is 1.16. The molecule has 0 radical (unpaired) electrons. The van der Waals surface area contributed by atoms with Gasteiger partial charge in [-0.3, -0.25) is 0 Å². The molecule has 0 aliphatic carbocycles. The van der Waals surface area contributed by atoms with Crippen molar-refractivity contribution in [1.82, 2.24) is 0 Å². The van der Waals surface area contributed by atoms with Crippen molar-refractivity contribution in [3.05, 3.63) is 29.8 Å². The van der Waals surface area contributed by atoms with Gasteiger partial charge in [0.05, 0.1) is 6.10 Å². The summed E-state index contributed by atoms with van der Waals surface area (Å²) in [6, 6.07) is 8.28. The molecule has 3 N–H and O–H groups in total. The molecule has 0 aliphatic rings. The van der Waals surface area contributed by atoms with Crippen LogP contribution in [0.1, 0.15) is 32.4 Å². The number of rotatable bonds is 4. The molecule has 1 aromatic carbocycles. The van der Waals surface area contributed by atoms with E-state index in [-0.39, 0.29) is 17.4 Å². The molecule has 1 rings (SSSR count). The molecule has 1 aromatic rings. The molecule has 15 heavy (non-hydrogen) atoms. The molecule has 2 nitrogen and oxygen atoms in total. The van der Waals surface area contributed by atoms with Crippen LogP contribution < -0.4 is 5.73 Å². The average molecular weight is 225 g/mol. The van der Waals surface area contributed by atoms with Gasteiger partial charge in [-0.05, 0) is 31.5 Å². The second-order valence-corrected chi connectivity index (χ2v) is 5.37. The standard InChI is InChI=1S/C12H19NOS/c1-8(13)11-4-6-12(7-5-11)15-10(3)9(2)14/h4-10,14H,13H2,1-3H3. The zero-order chi connectivity index (χ0) is 11.4. The van der Waals surface area contributed by atoms with Crippen molar-refractivity contribution in [3.8, 4) is 0 Å². The van der Waals surface area contributed by atoms with Crippen LogP contribution in [-0.4, -0.2) is 16.5 Å². The van der Waals surface area contributed by atoms with Crippen LogP contribution >= 0.6 is 11.8 Å². The number of thioether (sulfide) groups is 1. The molecular weight excluding hydrogens is 206 g/mol. The summed E-state index contributed by atoms with van der Waals surface area (Å²) in [6.45, 7) is 5.81. The highest BCUT2D eigenvalue weighted by atomic mass is 32.2. The molecule has 0 bridgehead atoms. The lowest BCUT2D eigenvalue weighted by Gasteiger charge is -2.14. The van der Waals surface area contributed by atoms with Gasteiger partial charge in [0.15, 0.2) is 0 Å². The highest BCUT2D eigenvalue weighted by Gasteiger charge is 2.10. The summed E-state index contributed by atoms with van der Waals surface area (Å²) in [4.78, 5) is 1.17. The van der Waals surface area contributed by atoms with Crippen molar-refractivity contribution >= 4 is 11.8 Å². The van der Waals surface area contributed by atoms with Crippen LogP contribution in [0.5, 0.6) is 0 Å². The van der Waals surface area contributed by atoms with Crippen molar-refractivity contribution in [2.24, 2.45) is 5.73 Å². The van der Waals surface area contributed by atoms with Crippen LogP contribution in [0.3, 0.4) is 0 Å². The first kappa shape index (κ1) is 12.6. The van der Waals surface area contributed by atoms with E-state index in [0.29, 0.717) is 0 Å². The molecular formula is C12H19NOS. The van der Waals surface area contributed by atoms with Gasteiger partial charge in [-0.15, -0.1) is 11.8 Å². The van der Waals surface area contributed by atoms with Crippen LogP contribution in [0, 0.1) is 0 Å². The minimum atomic E-state index is -0.289. The molecule has 0 fully saturated rings. The number of aliphatic hydroxyl groups is 1. The van der Waals surface area contributed by atoms with E-state index in [2.05, 4.69) is 12.1 Å². The maximum Gasteiger partial charge on any atom is 0.0631 e. The summed E-state index contributed by atoms with van der Waals surface area (Å²) in [5.74, 6) is 0. The molecule has 84 valence electrons. The fourth-order valence-corrected chi connectivity index (χ4v) is 2.08. The zero-order valence-corrected chi connectivity index (χ0v) is 10.3. The topological polar surface area (TPSA) is 46.2 Å². The largest absolute Gasteiger partial charge is 0.392 e. The summed E-state index contributed by atoms with van der Waals surface area (Å²) < 4.78 is 0. The van der Waals surface area contributed by atoms with Gasteiger partial charge in [0.1, 0.15) is 0 Å². The number of nitrogens with two attached hydrogens (primary N) is 1. The SMILES string of the molecule is CC(N)c1ccc(SC(C)C(C)O)cc1. The monoisotopic (exact) mass is 225 g/mol.